The summed E-state index contributed by atoms with van der Waals surface area (Å²) in [7, 11) is 4.35. The van der Waals surface area contributed by atoms with Crippen molar-refractivity contribution in [3.05, 3.63) is 96.5 Å². The minimum Gasteiger partial charge on any atom is -0.326 e. The molecule has 0 N–H and O–H groups in total. The molecule has 4 aromatic rings. The Bertz CT molecular complexity index is 1210. The number of rotatable bonds is 1. The SMILES string of the molecule is [CH2-][n+]1c(-c2cc3c(cc2C)-c2ccccc2C3(C)C)ccc2ccccc21. The molecule has 1 heteroatoms. The van der Waals surface area contributed by atoms with Crippen LogP contribution >= 0.6 is 0 Å². The number of fused-ring (bicyclic) bond motifs is 4. The number of aromatic nitrogens is 1. The lowest BCUT2D eigenvalue weighted by Crippen LogP contribution is -2.30. The molecule has 1 aromatic heterocycles. The summed E-state index contributed by atoms with van der Waals surface area (Å²) in [5, 5.41) is 1.21. The molecule has 0 saturated carbocycles. The van der Waals surface area contributed by atoms with E-state index in [-0.39, 0.29) is 5.41 Å². The molecule has 1 aliphatic carbocycles. The number of hydrogen-bond acceptors (Lipinski definition) is 0. The second-order valence-electron chi connectivity index (χ2n) is 8.09. The van der Waals surface area contributed by atoms with Gasteiger partial charge >= 0.3 is 0 Å². The second-order valence-corrected chi connectivity index (χ2v) is 8.09. The molecule has 0 atom stereocenters. The molecule has 3 aromatic carbocycles. The predicted octanol–water partition coefficient (Wildman–Crippen LogP) is 6.05. The van der Waals surface area contributed by atoms with Crippen LogP contribution in [0.1, 0.15) is 30.5 Å². The molecule has 0 unspecified atom stereocenters. The van der Waals surface area contributed by atoms with Crippen molar-refractivity contribution in [3.63, 3.8) is 0 Å². The number of para-hydroxylation sites is 1. The summed E-state index contributed by atoms with van der Waals surface area (Å²) in [4.78, 5) is 0. The van der Waals surface area contributed by atoms with E-state index in [1.807, 2.05) is 0 Å². The van der Waals surface area contributed by atoms with E-state index in [4.69, 9.17) is 0 Å². The maximum Gasteiger partial charge on any atom is 0.112 e. The van der Waals surface area contributed by atoms with Crippen LogP contribution in [0, 0.1) is 14.0 Å². The fourth-order valence-corrected chi connectivity index (χ4v) is 4.63. The largest absolute Gasteiger partial charge is 0.326 e. The Balaban J connectivity index is 1.78. The smallest absolute Gasteiger partial charge is 0.112 e. The lowest BCUT2D eigenvalue weighted by molar-refractivity contribution is -0.572. The molecule has 0 radical (unpaired) electrons. The molecule has 0 saturated heterocycles. The van der Waals surface area contributed by atoms with Crippen molar-refractivity contribution in [1.29, 1.82) is 0 Å². The monoisotopic (exact) mass is 349 g/mol. The van der Waals surface area contributed by atoms with E-state index >= 15 is 0 Å². The van der Waals surface area contributed by atoms with E-state index in [0.29, 0.717) is 0 Å². The Morgan fingerprint density at radius 3 is 2.33 bits per heavy atom. The normalized spacial score (nSPS) is 14.2. The van der Waals surface area contributed by atoms with Crippen molar-refractivity contribution >= 4 is 10.9 Å². The lowest BCUT2D eigenvalue weighted by Gasteiger charge is -2.23. The van der Waals surface area contributed by atoms with E-state index in [2.05, 4.69) is 105 Å². The first kappa shape index (κ1) is 16.1. The van der Waals surface area contributed by atoms with Gasteiger partial charge in [0.1, 0.15) is 11.2 Å². The van der Waals surface area contributed by atoms with Crippen LogP contribution in [0.3, 0.4) is 0 Å². The summed E-state index contributed by atoms with van der Waals surface area (Å²) in [6.45, 7) is 6.86. The van der Waals surface area contributed by atoms with Crippen LogP contribution in [-0.2, 0) is 5.41 Å². The third-order valence-electron chi connectivity index (χ3n) is 6.14. The number of nitrogens with zero attached hydrogens (tertiary/aromatic N) is 1. The lowest BCUT2D eigenvalue weighted by atomic mass is 9.81. The molecule has 0 spiro atoms. The molecule has 1 aliphatic rings. The van der Waals surface area contributed by atoms with Crippen LogP contribution < -0.4 is 4.57 Å². The van der Waals surface area contributed by atoms with Gasteiger partial charge in [-0.1, -0.05) is 74.5 Å². The Morgan fingerprint density at radius 1 is 0.741 bits per heavy atom. The van der Waals surface area contributed by atoms with Crippen molar-refractivity contribution in [2.24, 2.45) is 0 Å². The zero-order chi connectivity index (χ0) is 18.8. The van der Waals surface area contributed by atoms with Crippen LogP contribution in [0.5, 0.6) is 0 Å². The van der Waals surface area contributed by atoms with Crippen molar-refractivity contribution in [2.75, 3.05) is 0 Å². The molecule has 0 amide bonds. The molecule has 1 heterocycles. The number of pyridine rings is 1. The van der Waals surface area contributed by atoms with E-state index in [9.17, 15) is 0 Å². The molecule has 27 heavy (non-hydrogen) atoms. The number of hydrogen-bond donors (Lipinski definition) is 0. The highest BCUT2D eigenvalue weighted by molar-refractivity contribution is 5.85. The number of aryl methyl sites for hydroxylation is 1. The molecular weight excluding hydrogens is 326 g/mol. The summed E-state index contributed by atoms with van der Waals surface area (Å²) in [6, 6.07) is 26.3. The van der Waals surface area contributed by atoms with Gasteiger partial charge in [-0.3, -0.25) is 0 Å². The van der Waals surface area contributed by atoms with Crippen molar-refractivity contribution in [2.45, 2.75) is 26.2 Å². The first-order valence-electron chi connectivity index (χ1n) is 9.48. The molecule has 132 valence electrons. The summed E-state index contributed by atoms with van der Waals surface area (Å²) in [5.74, 6) is 0. The topological polar surface area (TPSA) is 3.88 Å². The van der Waals surface area contributed by atoms with Gasteiger partial charge in [-0.2, -0.15) is 0 Å². The number of benzene rings is 3. The van der Waals surface area contributed by atoms with Gasteiger partial charge in [0.05, 0.1) is 0 Å². The van der Waals surface area contributed by atoms with E-state index < -0.39 is 0 Å². The summed E-state index contributed by atoms with van der Waals surface area (Å²) < 4.78 is 2.07. The zero-order valence-corrected chi connectivity index (χ0v) is 16.1. The molecule has 0 bridgehead atoms. The Labute approximate surface area is 160 Å². The fourth-order valence-electron chi connectivity index (χ4n) is 4.63. The van der Waals surface area contributed by atoms with Crippen LogP contribution in [0.25, 0.3) is 33.3 Å². The van der Waals surface area contributed by atoms with Gasteiger partial charge < -0.3 is 4.57 Å². The van der Waals surface area contributed by atoms with Gasteiger partial charge in [-0.25, -0.2) is 0 Å². The zero-order valence-electron chi connectivity index (χ0n) is 16.1. The first-order valence-corrected chi connectivity index (χ1v) is 9.48. The maximum absolute atomic E-state index is 4.35. The van der Waals surface area contributed by atoms with Gasteiger partial charge in [0, 0.05) is 12.5 Å². The third kappa shape index (κ3) is 2.18. The first-order chi connectivity index (χ1) is 13.0. The quantitative estimate of drug-likeness (QED) is 0.291. The van der Waals surface area contributed by atoms with Crippen molar-refractivity contribution in [3.8, 4) is 22.4 Å². The van der Waals surface area contributed by atoms with Gasteiger partial charge in [0.25, 0.3) is 0 Å². The Morgan fingerprint density at radius 2 is 1.48 bits per heavy atom. The van der Waals surface area contributed by atoms with Gasteiger partial charge in [-0.15, -0.1) is 0 Å². The second kappa shape index (κ2) is 5.47. The Hall–Kier alpha value is -3.06. The molecule has 0 aliphatic heterocycles. The molecular formula is C26H23N. The van der Waals surface area contributed by atoms with E-state index in [1.54, 1.807) is 0 Å². The predicted molar refractivity (Wildman–Crippen MR) is 113 cm³/mol. The van der Waals surface area contributed by atoms with Crippen LogP contribution in [0.15, 0.2) is 72.8 Å². The highest BCUT2D eigenvalue weighted by atomic mass is 14.9. The van der Waals surface area contributed by atoms with Gasteiger partial charge in [0.15, 0.2) is 0 Å². The van der Waals surface area contributed by atoms with E-state index in [0.717, 1.165) is 11.2 Å². The van der Waals surface area contributed by atoms with Crippen LogP contribution in [-0.4, -0.2) is 0 Å². The highest BCUT2D eigenvalue weighted by Crippen LogP contribution is 2.50. The minimum atomic E-state index is 0.0111. The summed E-state index contributed by atoms with van der Waals surface area (Å²) in [6.07, 6.45) is 0. The fraction of sp³-hybridized carbons (Fsp3) is 0.154. The third-order valence-corrected chi connectivity index (χ3v) is 6.14. The van der Waals surface area contributed by atoms with Crippen molar-refractivity contribution < 1.29 is 4.57 Å². The molecule has 5 rings (SSSR count). The average Bonchev–Trinajstić information content (AvgIpc) is 2.89. The minimum absolute atomic E-state index is 0.0111. The average molecular weight is 349 g/mol. The summed E-state index contributed by atoms with van der Waals surface area (Å²) in [5.41, 5.74) is 10.4. The van der Waals surface area contributed by atoms with Crippen LogP contribution in [0.2, 0.25) is 0 Å². The van der Waals surface area contributed by atoms with Gasteiger partial charge in [-0.05, 0) is 57.8 Å². The van der Waals surface area contributed by atoms with Crippen molar-refractivity contribution in [1.82, 2.24) is 0 Å². The Kier molecular flexibility index (Phi) is 3.27. The van der Waals surface area contributed by atoms with Gasteiger partial charge in [0.2, 0.25) is 0 Å². The summed E-state index contributed by atoms with van der Waals surface area (Å²) >= 11 is 0. The standard InChI is InChI=1S/C26H23N/c1-17-15-21-19-10-6-7-11-22(19)26(2,3)23(21)16-20(17)25-14-13-18-9-5-8-12-24(18)27(25)4/h5-16H,4H2,1-3H3. The van der Waals surface area contributed by atoms with Crippen LogP contribution in [0.4, 0.5) is 0 Å². The molecule has 1 nitrogen and oxygen atoms in total. The highest BCUT2D eigenvalue weighted by Gasteiger charge is 2.35. The van der Waals surface area contributed by atoms with E-state index in [1.165, 1.54) is 38.8 Å². The maximum atomic E-state index is 4.35. The molecule has 0 fully saturated rings.